The quantitative estimate of drug-likeness (QED) is 0.812. The van der Waals surface area contributed by atoms with E-state index in [4.69, 9.17) is 5.11 Å². The molecule has 0 bridgehead atoms. The maximum Gasteiger partial charge on any atom is 0.223 e. The fraction of sp³-hybridized carbons (Fsp3) is 0.474. The summed E-state index contributed by atoms with van der Waals surface area (Å²) in [5, 5.41) is 12.1. The van der Waals surface area contributed by atoms with E-state index in [1.54, 1.807) is 11.8 Å². The smallest absolute Gasteiger partial charge is 0.223 e. The average Bonchev–Trinajstić information content (AvgIpc) is 3.17. The van der Waals surface area contributed by atoms with Crippen molar-refractivity contribution in [2.45, 2.75) is 38.1 Å². The van der Waals surface area contributed by atoms with Gasteiger partial charge in [-0.2, -0.15) is 0 Å². The molecule has 0 spiro atoms. The second kappa shape index (κ2) is 7.18. The minimum Gasteiger partial charge on any atom is -0.396 e. The molecular formula is C19H24N2O3. The number of hydrogen-bond acceptors (Lipinski definition) is 3. The molecule has 1 aromatic carbocycles. The van der Waals surface area contributed by atoms with Crippen LogP contribution < -0.4 is 10.2 Å². The van der Waals surface area contributed by atoms with Gasteiger partial charge in [0.25, 0.3) is 0 Å². The largest absolute Gasteiger partial charge is 0.396 e. The Kier molecular flexibility index (Phi) is 5.00. The zero-order valence-electron chi connectivity index (χ0n) is 13.9. The highest BCUT2D eigenvalue weighted by Crippen LogP contribution is 2.38. The summed E-state index contributed by atoms with van der Waals surface area (Å²) in [5.74, 6) is 0.434. The summed E-state index contributed by atoms with van der Waals surface area (Å²) >= 11 is 0. The van der Waals surface area contributed by atoms with Gasteiger partial charge in [-0.15, -0.1) is 0 Å². The molecule has 3 atom stereocenters. The number of nitrogens with one attached hydrogen (secondary N) is 1. The molecule has 0 saturated carbocycles. The first-order valence-corrected chi connectivity index (χ1v) is 8.54. The van der Waals surface area contributed by atoms with Crippen molar-refractivity contribution in [2.75, 3.05) is 18.1 Å². The lowest BCUT2D eigenvalue weighted by atomic mass is 9.96. The molecule has 1 aromatic rings. The zero-order chi connectivity index (χ0) is 17.1. The van der Waals surface area contributed by atoms with E-state index in [1.807, 2.05) is 36.4 Å². The Morgan fingerprint density at radius 3 is 2.79 bits per heavy atom. The van der Waals surface area contributed by atoms with Crippen LogP contribution in [0.3, 0.4) is 0 Å². The summed E-state index contributed by atoms with van der Waals surface area (Å²) in [7, 11) is 0. The molecule has 2 aliphatic rings. The van der Waals surface area contributed by atoms with Gasteiger partial charge in [0.1, 0.15) is 0 Å². The third-order valence-electron chi connectivity index (χ3n) is 4.92. The highest BCUT2D eigenvalue weighted by molar-refractivity contribution is 5.94. The average molecular weight is 328 g/mol. The van der Waals surface area contributed by atoms with Crippen molar-refractivity contribution in [1.82, 2.24) is 5.32 Å². The van der Waals surface area contributed by atoms with Gasteiger partial charge in [0.15, 0.2) is 0 Å². The highest BCUT2D eigenvalue weighted by atomic mass is 16.3. The Bertz CT molecular complexity index is 656. The van der Waals surface area contributed by atoms with E-state index in [0.717, 1.165) is 24.1 Å². The second-order valence-electron chi connectivity index (χ2n) is 6.66. The van der Waals surface area contributed by atoms with Crippen molar-refractivity contribution < 1.29 is 14.7 Å². The molecule has 5 heteroatoms. The van der Waals surface area contributed by atoms with Crippen LogP contribution in [0.4, 0.5) is 5.69 Å². The molecule has 1 aliphatic heterocycles. The van der Waals surface area contributed by atoms with Crippen LogP contribution in [0.5, 0.6) is 0 Å². The molecule has 128 valence electrons. The van der Waals surface area contributed by atoms with Crippen LogP contribution in [0, 0.1) is 5.92 Å². The van der Waals surface area contributed by atoms with Crippen LogP contribution in [-0.4, -0.2) is 36.1 Å². The van der Waals surface area contributed by atoms with Gasteiger partial charge in [-0.3, -0.25) is 9.59 Å². The van der Waals surface area contributed by atoms with Gasteiger partial charge < -0.3 is 15.3 Å². The number of fused-ring (bicyclic) bond motifs is 1. The summed E-state index contributed by atoms with van der Waals surface area (Å²) in [6.45, 7) is 2.36. The molecule has 0 aromatic heterocycles. The lowest BCUT2D eigenvalue weighted by Crippen LogP contribution is -2.33. The summed E-state index contributed by atoms with van der Waals surface area (Å²) in [4.78, 5) is 25.8. The van der Waals surface area contributed by atoms with Crippen LogP contribution in [-0.2, 0) is 9.59 Å². The Labute approximate surface area is 142 Å². The molecule has 5 nitrogen and oxygen atoms in total. The van der Waals surface area contributed by atoms with Gasteiger partial charge in [-0.25, -0.2) is 0 Å². The molecule has 0 fully saturated rings. The second-order valence-corrected chi connectivity index (χ2v) is 6.66. The number of benzene rings is 1. The fourth-order valence-corrected chi connectivity index (χ4v) is 3.64. The fourth-order valence-electron chi connectivity index (χ4n) is 3.64. The van der Waals surface area contributed by atoms with Crippen molar-refractivity contribution in [3.8, 4) is 0 Å². The molecule has 1 heterocycles. The summed E-state index contributed by atoms with van der Waals surface area (Å²) in [6.07, 6.45) is 5.86. The number of anilines is 1. The van der Waals surface area contributed by atoms with E-state index >= 15 is 0 Å². The predicted molar refractivity (Wildman–Crippen MR) is 92.7 cm³/mol. The van der Waals surface area contributed by atoms with Crippen molar-refractivity contribution in [2.24, 2.45) is 5.92 Å². The number of rotatable bonds is 5. The number of hydrogen-bond donors (Lipinski definition) is 2. The van der Waals surface area contributed by atoms with E-state index < -0.39 is 0 Å². The number of nitrogens with zero attached hydrogens (tertiary/aromatic N) is 1. The van der Waals surface area contributed by atoms with Gasteiger partial charge in [0.05, 0.1) is 0 Å². The minimum absolute atomic E-state index is 0.0271. The molecule has 0 unspecified atom stereocenters. The van der Waals surface area contributed by atoms with Gasteiger partial charge in [-0.05, 0) is 24.5 Å². The first-order chi connectivity index (χ1) is 11.6. The molecule has 3 rings (SSSR count). The van der Waals surface area contributed by atoms with Crippen LogP contribution in [0.2, 0.25) is 0 Å². The van der Waals surface area contributed by atoms with E-state index in [1.165, 1.54) is 0 Å². The summed E-state index contributed by atoms with van der Waals surface area (Å²) in [6, 6.07) is 7.96. The van der Waals surface area contributed by atoms with Crippen molar-refractivity contribution in [1.29, 1.82) is 0 Å². The lowest BCUT2D eigenvalue weighted by Gasteiger charge is -2.16. The Hall–Kier alpha value is -2.14. The molecule has 24 heavy (non-hydrogen) atoms. The van der Waals surface area contributed by atoms with Gasteiger partial charge in [0.2, 0.25) is 11.8 Å². The van der Waals surface area contributed by atoms with E-state index in [2.05, 4.69) is 5.32 Å². The van der Waals surface area contributed by atoms with Gasteiger partial charge in [0, 0.05) is 50.1 Å². The number of aliphatic hydroxyl groups excluding tert-OH is 1. The van der Waals surface area contributed by atoms with Crippen molar-refractivity contribution in [3.63, 3.8) is 0 Å². The molecule has 2 amide bonds. The summed E-state index contributed by atoms with van der Waals surface area (Å²) < 4.78 is 0. The molecule has 0 radical (unpaired) electrons. The minimum atomic E-state index is 0.0271. The first-order valence-electron chi connectivity index (χ1n) is 8.54. The Morgan fingerprint density at radius 1 is 1.29 bits per heavy atom. The van der Waals surface area contributed by atoms with Crippen molar-refractivity contribution in [3.05, 3.63) is 42.0 Å². The molecule has 1 aliphatic carbocycles. The van der Waals surface area contributed by atoms with E-state index in [9.17, 15) is 9.59 Å². The number of carbonyl (C=O) groups is 2. The van der Waals surface area contributed by atoms with Crippen LogP contribution >= 0.6 is 0 Å². The Balaban J connectivity index is 1.55. The van der Waals surface area contributed by atoms with Crippen LogP contribution in [0.1, 0.15) is 37.7 Å². The first kappa shape index (κ1) is 16.7. The molecule has 0 saturated heterocycles. The number of aliphatic hydroxyl groups is 1. The van der Waals surface area contributed by atoms with Crippen molar-refractivity contribution >= 4 is 17.5 Å². The number of carbonyl (C=O) groups excluding carboxylic acids is 2. The monoisotopic (exact) mass is 328 g/mol. The molecule has 2 N–H and O–H groups in total. The predicted octanol–water partition coefficient (Wildman–Crippen LogP) is 1.97. The third-order valence-corrected chi connectivity index (χ3v) is 4.92. The number of amides is 2. The normalized spacial score (nSPS) is 24.9. The zero-order valence-corrected chi connectivity index (χ0v) is 13.9. The Morgan fingerprint density at radius 2 is 2.08 bits per heavy atom. The SMILES string of the molecule is CC(=O)N1C[C@H](CCC(=O)N[C@@H]2C=C[C@H](CO)C2)c2ccccc21. The van der Waals surface area contributed by atoms with E-state index in [-0.39, 0.29) is 36.3 Å². The van der Waals surface area contributed by atoms with Gasteiger partial charge >= 0.3 is 0 Å². The van der Waals surface area contributed by atoms with E-state index in [0.29, 0.717) is 13.0 Å². The maximum absolute atomic E-state index is 12.2. The topological polar surface area (TPSA) is 69.6 Å². The molecular weight excluding hydrogens is 304 g/mol. The summed E-state index contributed by atoms with van der Waals surface area (Å²) in [5.41, 5.74) is 2.13. The van der Waals surface area contributed by atoms with Gasteiger partial charge in [-0.1, -0.05) is 30.4 Å². The maximum atomic E-state index is 12.2. The lowest BCUT2D eigenvalue weighted by molar-refractivity contribution is -0.121. The number of para-hydroxylation sites is 1. The van der Waals surface area contributed by atoms with Crippen LogP contribution in [0.25, 0.3) is 0 Å². The highest BCUT2D eigenvalue weighted by Gasteiger charge is 2.30. The van der Waals surface area contributed by atoms with Crippen LogP contribution in [0.15, 0.2) is 36.4 Å². The third kappa shape index (κ3) is 3.51. The standard InChI is InChI=1S/C19H24N2O3/c1-13(23)21-11-15(17-4-2-3-5-18(17)21)7-9-19(24)20-16-8-6-14(10-16)12-22/h2-6,8,14-16,22H,7,9-12H2,1H3,(H,20,24)/t14-,15-,16+/m0/s1.